The number of carboxylic acids is 1. The first-order valence-electron chi connectivity index (χ1n) is 8.03. The van der Waals surface area contributed by atoms with Crippen molar-refractivity contribution in [2.24, 2.45) is 0 Å². The SMILES string of the molecule is CN(CC(C)(C(=O)O)c1ccccc1)C1CCCCCC1. The number of benzene rings is 1. The Kier molecular flexibility index (Phi) is 5.40. The van der Waals surface area contributed by atoms with Gasteiger partial charge in [0.2, 0.25) is 0 Å². The summed E-state index contributed by atoms with van der Waals surface area (Å²) >= 11 is 0. The van der Waals surface area contributed by atoms with Crippen molar-refractivity contribution < 1.29 is 9.90 Å². The summed E-state index contributed by atoms with van der Waals surface area (Å²) in [6.07, 6.45) is 7.56. The van der Waals surface area contributed by atoms with Gasteiger partial charge in [-0.2, -0.15) is 0 Å². The van der Waals surface area contributed by atoms with Crippen LogP contribution in [0.3, 0.4) is 0 Å². The molecule has 1 unspecified atom stereocenters. The molecule has 1 fully saturated rings. The molecule has 0 bridgehead atoms. The van der Waals surface area contributed by atoms with Crippen LogP contribution in [0, 0.1) is 0 Å². The van der Waals surface area contributed by atoms with E-state index in [1.54, 1.807) is 0 Å². The summed E-state index contributed by atoms with van der Waals surface area (Å²) in [4.78, 5) is 14.2. The van der Waals surface area contributed by atoms with E-state index < -0.39 is 11.4 Å². The number of aliphatic carboxylic acids is 1. The van der Waals surface area contributed by atoms with Gasteiger partial charge < -0.3 is 10.0 Å². The van der Waals surface area contributed by atoms with Gasteiger partial charge in [-0.3, -0.25) is 4.79 Å². The Hall–Kier alpha value is -1.35. The molecule has 0 heterocycles. The van der Waals surface area contributed by atoms with E-state index >= 15 is 0 Å². The summed E-state index contributed by atoms with van der Waals surface area (Å²) in [5.41, 5.74) is 0.0421. The van der Waals surface area contributed by atoms with Crippen molar-refractivity contribution in [3.8, 4) is 0 Å². The van der Waals surface area contributed by atoms with Crippen LogP contribution in [0.15, 0.2) is 30.3 Å². The molecule has 1 N–H and O–H groups in total. The standard InChI is InChI=1S/C18H27NO2/c1-18(17(20)21,15-10-6-5-7-11-15)14-19(2)16-12-8-3-4-9-13-16/h5-7,10-11,16H,3-4,8-9,12-14H2,1-2H3,(H,20,21). The second-order valence-electron chi connectivity index (χ2n) is 6.56. The maximum Gasteiger partial charge on any atom is 0.315 e. The Morgan fingerprint density at radius 2 is 1.76 bits per heavy atom. The van der Waals surface area contributed by atoms with Crippen LogP contribution in [-0.2, 0) is 10.2 Å². The van der Waals surface area contributed by atoms with Crippen LogP contribution in [0.5, 0.6) is 0 Å². The minimum absolute atomic E-state index is 0.523. The third-order valence-electron chi connectivity index (χ3n) is 4.90. The Balaban J connectivity index is 2.14. The first-order valence-corrected chi connectivity index (χ1v) is 8.03. The molecule has 1 aliphatic rings. The maximum atomic E-state index is 11.9. The number of carboxylic acid groups (broad SMARTS) is 1. The second kappa shape index (κ2) is 7.08. The molecule has 3 heteroatoms. The van der Waals surface area contributed by atoms with E-state index in [9.17, 15) is 9.90 Å². The molecule has 21 heavy (non-hydrogen) atoms. The Morgan fingerprint density at radius 1 is 1.19 bits per heavy atom. The first-order chi connectivity index (χ1) is 10.0. The molecule has 0 spiro atoms. The van der Waals surface area contributed by atoms with E-state index in [1.165, 1.54) is 38.5 Å². The van der Waals surface area contributed by atoms with Gasteiger partial charge in [-0.25, -0.2) is 0 Å². The van der Waals surface area contributed by atoms with Crippen molar-refractivity contribution in [3.63, 3.8) is 0 Å². The molecule has 0 aromatic heterocycles. The number of likely N-dealkylation sites (N-methyl/N-ethyl adjacent to an activating group) is 1. The first kappa shape index (κ1) is 16.0. The highest BCUT2D eigenvalue weighted by Crippen LogP contribution is 2.28. The van der Waals surface area contributed by atoms with Crippen molar-refractivity contribution in [2.45, 2.75) is 56.9 Å². The van der Waals surface area contributed by atoms with Crippen LogP contribution in [0.4, 0.5) is 0 Å². The van der Waals surface area contributed by atoms with Gasteiger partial charge in [0.1, 0.15) is 5.41 Å². The van der Waals surface area contributed by atoms with E-state index in [2.05, 4.69) is 11.9 Å². The highest BCUT2D eigenvalue weighted by Gasteiger charge is 2.37. The molecule has 1 saturated carbocycles. The van der Waals surface area contributed by atoms with E-state index in [1.807, 2.05) is 37.3 Å². The summed E-state index contributed by atoms with van der Waals surface area (Å²) in [5.74, 6) is -0.742. The highest BCUT2D eigenvalue weighted by molar-refractivity contribution is 5.81. The fourth-order valence-electron chi connectivity index (χ4n) is 3.41. The van der Waals surface area contributed by atoms with Gasteiger partial charge in [0.15, 0.2) is 0 Å². The molecule has 116 valence electrons. The Labute approximate surface area is 128 Å². The van der Waals surface area contributed by atoms with Crippen molar-refractivity contribution >= 4 is 5.97 Å². The third-order valence-corrected chi connectivity index (χ3v) is 4.90. The molecular weight excluding hydrogens is 262 g/mol. The Bertz CT molecular complexity index is 452. The minimum atomic E-state index is -0.845. The summed E-state index contributed by atoms with van der Waals surface area (Å²) in [5, 5.41) is 9.76. The molecule has 0 aliphatic heterocycles. The van der Waals surface area contributed by atoms with Gasteiger partial charge in [0.25, 0.3) is 0 Å². The van der Waals surface area contributed by atoms with Crippen LogP contribution >= 0.6 is 0 Å². The zero-order chi connectivity index (χ0) is 15.3. The van der Waals surface area contributed by atoms with Gasteiger partial charge >= 0.3 is 5.97 Å². The van der Waals surface area contributed by atoms with Crippen molar-refractivity contribution in [1.29, 1.82) is 0 Å². The van der Waals surface area contributed by atoms with E-state index in [0.29, 0.717) is 12.6 Å². The van der Waals surface area contributed by atoms with E-state index in [4.69, 9.17) is 0 Å². The molecule has 1 aromatic carbocycles. The summed E-state index contributed by atoms with van der Waals surface area (Å²) in [6, 6.07) is 10.1. The predicted octanol–water partition coefficient (Wildman–Crippen LogP) is 3.68. The third kappa shape index (κ3) is 3.85. The molecular formula is C18H27NO2. The van der Waals surface area contributed by atoms with Gasteiger partial charge in [-0.15, -0.1) is 0 Å². The summed E-state index contributed by atoms with van der Waals surface area (Å²) in [7, 11) is 2.08. The molecule has 3 nitrogen and oxygen atoms in total. The van der Waals surface area contributed by atoms with Crippen LogP contribution in [0.2, 0.25) is 0 Å². The largest absolute Gasteiger partial charge is 0.481 e. The normalized spacial score (nSPS) is 20.0. The lowest BCUT2D eigenvalue weighted by Crippen LogP contribution is -2.46. The maximum absolute atomic E-state index is 11.9. The van der Waals surface area contributed by atoms with E-state index in [0.717, 1.165) is 5.56 Å². The number of hydrogen-bond acceptors (Lipinski definition) is 2. The van der Waals surface area contributed by atoms with Crippen molar-refractivity contribution in [2.75, 3.05) is 13.6 Å². The van der Waals surface area contributed by atoms with Crippen molar-refractivity contribution in [3.05, 3.63) is 35.9 Å². The number of rotatable bonds is 5. The van der Waals surface area contributed by atoms with Crippen LogP contribution in [0.1, 0.15) is 51.0 Å². The number of nitrogens with zero attached hydrogens (tertiary/aromatic N) is 1. The molecule has 2 rings (SSSR count). The fraction of sp³-hybridized carbons (Fsp3) is 0.611. The lowest BCUT2D eigenvalue weighted by molar-refractivity contribution is -0.144. The molecule has 0 amide bonds. The highest BCUT2D eigenvalue weighted by atomic mass is 16.4. The van der Waals surface area contributed by atoms with E-state index in [-0.39, 0.29) is 0 Å². The second-order valence-corrected chi connectivity index (χ2v) is 6.56. The predicted molar refractivity (Wildman–Crippen MR) is 85.5 cm³/mol. The summed E-state index contributed by atoms with van der Waals surface area (Å²) < 4.78 is 0. The van der Waals surface area contributed by atoms with Crippen LogP contribution in [-0.4, -0.2) is 35.6 Å². The lowest BCUT2D eigenvalue weighted by atomic mass is 9.81. The van der Waals surface area contributed by atoms with Gasteiger partial charge in [-0.1, -0.05) is 56.0 Å². The fourth-order valence-corrected chi connectivity index (χ4v) is 3.41. The molecule has 0 saturated heterocycles. The average Bonchev–Trinajstić information content (AvgIpc) is 2.77. The topological polar surface area (TPSA) is 40.5 Å². The van der Waals surface area contributed by atoms with Gasteiger partial charge in [0, 0.05) is 12.6 Å². The van der Waals surface area contributed by atoms with Crippen LogP contribution in [0.25, 0.3) is 0 Å². The molecule has 1 atom stereocenters. The zero-order valence-corrected chi connectivity index (χ0v) is 13.2. The summed E-state index contributed by atoms with van der Waals surface area (Å²) in [6.45, 7) is 2.41. The molecule has 1 aromatic rings. The monoisotopic (exact) mass is 289 g/mol. The van der Waals surface area contributed by atoms with Crippen LogP contribution < -0.4 is 0 Å². The van der Waals surface area contributed by atoms with Gasteiger partial charge in [-0.05, 0) is 32.4 Å². The number of hydrogen-bond donors (Lipinski definition) is 1. The quantitative estimate of drug-likeness (QED) is 0.841. The van der Waals surface area contributed by atoms with Crippen molar-refractivity contribution in [1.82, 2.24) is 4.90 Å². The minimum Gasteiger partial charge on any atom is -0.481 e. The Morgan fingerprint density at radius 3 is 2.29 bits per heavy atom. The zero-order valence-electron chi connectivity index (χ0n) is 13.2. The lowest BCUT2D eigenvalue weighted by Gasteiger charge is -2.35. The average molecular weight is 289 g/mol. The molecule has 1 aliphatic carbocycles. The molecule has 0 radical (unpaired) electrons. The smallest absolute Gasteiger partial charge is 0.315 e. The van der Waals surface area contributed by atoms with Gasteiger partial charge in [0.05, 0.1) is 0 Å². The number of carbonyl (C=O) groups is 1.